The molecular weight excluding hydrogens is 376 g/mol. The van der Waals surface area contributed by atoms with E-state index in [9.17, 15) is 0 Å². The second-order valence-corrected chi connectivity index (χ2v) is 10.2. The highest BCUT2D eigenvalue weighted by Gasteiger charge is 2.22. The van der Waals surface area contributed by atoms with Crippen LogP contribution in [0.5, 0.6) is 0 Å². The zero-order valence-corrected chi connectivity index (χ0v) is 21.9. The van der Waals surface area contributed by atoms with E-state index >= 15 is 0 Å². The van der Waals surface area contributed by atoms with E-state index in [0.717, 1.165) is 0 Å². The van der Waals surface area contributed by atoms with Crippen molar-refractivity contribution < 1.29 is 0 Å². The average molecular weight is 435 g/mol. The Morgan fingerprint density at radius 3 is 1.32 bits per heavy atom. The van der Waals surface area contributed by atoms with Gasteiger partial charge in [0.25, 0.3) is 0 Å². The van der Waals surface area contributed by atoms with E-state index in [1.165, 1.54) is 148 Å². The lowest BCUT2D eigenvalue weighted by atomic mass is 10.0. The Morgan fingerprint density at radius 1 is 0.484 bits per heavy atom. The molecule has 184 valence electrons. The Kier molecular flexibility index (Phi) is 19.4. The lowest BCUT2D eigenvalue weighted by Crippen LogP contribution is -2.37. The molecule has 1 aliphatic rings. The maximum atomic E-state index is 2.60. The van der Waals surface area contributed by atoms with Crippen molar-refractivity contribution in [2.45, 2.75) is 161 Å². The molecule has 0 N–H and O–H groups in total. The topological polar surface area (TPSA) is 6.48 Å². The van der Waals surface area contributed by atoms with Crippen LogP contribution >= 0.6 is 0 Å². The number of unbranched alkanes of at least 4 members (excludes halogenated alkanes) is 19. The summed E-state index contributed by atoms with van der Waals surface area (Å²) in [5, 5.41) is 0. The van der Waals surface area contributed by atoms with Crippen LogP contribution in [0, 0.1) is 0 Å². The van der Waals surface area contributed by atoms with E-state index in [-0.39, 0.29) is 0 Å². The third-order valence-corrected chi connectivity index (χ3v) is 7.18. The Morgan fingerprint density at radius 2 is 0.871 bits per heavy atom. The molecule has 1 unspecified atom stereocenters. The highest BCUT2D eigenvalue weighted by molar-refractivity contribution is 4.95. The fraction of sp³-hybridized carbons (Fsp3) is 0.931. The molecule has 0 saturated carbocycles. The van der Waals surface area contributed by atoms with E-state index in [4.69, 9.17) is 0 Å². The quantitative estimate of drug-likeness (QED) is 0.148. The highest BCUT2D eigenvalue weighted by atomic mass is 15.4. The highest BCUT2D eigenvalue weighted by Crippen LogP contribution is 2.21. The van der Waals surface area contributed by atoms with Crippen molar-refractivity contribution in [2.24, 2.45) is 0 Å². The normalized spacial score (nSPS) is 16.0. The molecular formula is C29H58N2. The molecule has 31 heavy (non-hydrogen) atoms. The summed E-state index contributed by atoms with van der Waals surface area (Å²) in [5.74, 6) is 0. The van der Waals surface area contributed by atoms with Crippen molar-refractivity contribution in [2.75, 3.05) is 13.6 Å². The van der Waals surface area contributed by atoms with Crippen LogP contribution < -0.4 is 0 Å². The SMILES string of the molecule is CCCCCCCCCCCCCCCCCC1N(C)C=CN1CCCCCCCC. The number of hydrogen-bond donors (Lipinski definition) is 0. The number of hydrogen-bond acceptors (Lipinski definition) is 2. The average Bonchev–Trinajstić information content (AvgIpc) is 3.12. The number of rotatable bonds is 23. The molecule has 1 atom stereocenters. The minimum atomic E-state index is 0.623. The summed E-state index contributed by atoms with van der Waals surface area (Å²) in [5.41, 5.74) is 0. The molecule has 0 radical (unpaired) electrons. The van der Waals surface area contributed by atoms with Crippen molar-refractivity contribution >= 4 is 0 Å². The zero-order chi connectivity index (χ0) is 22.4. The molecule has 2 nitrogen and oxygen atoms in total. The van der Waals surface area contributed by atoms with Crippen LogP contribution in [-0.2, 0) is 0 Å². The largest absolute Gasteiger partial charge is 0.359 e. The summed E-state index contributed by atoms with van der Waals surface area (Å²) in [6, 6.07) is 0. The van der Waals surface area contributed by atoms with Crippen LogP contribution in [0.2, 0.25) is 0 Å². The summed E-state index contributed by atoms with van der Waals surface area (Å²) in [7, 11) is 2.26. The van der Waals surface area contributed by atoms with Crippen LogP contribution in [0.15, 0.2) is 12.4 Å². The Labute approximate surface area is 197 Å². The zero-order valence-electron chi connectivity index (χ0n) is 21.9. The third kappa shape index (κ3) is 15.7. The first-order valence-electron chi connectivity index (χ1n) is 14.5. The second kappa shape index (κ2) is 21.2. The molecule has 0 spiro atoms. The van der Waals surface area contributed by atoms with Crippen molar-refractivity contribution in [3.8, 4) is 0 Å². The Hall–Kier alpha value is -0.660. The van der Waals surface area contributed by atoms with E-state index in [1.807, 2.05) is 0 Å². The fourth-order valence-corrected chi connectivity index (χ4v) is 4.99. The molecule has 0 aliphatic carbocycles. The van der Waals surface area contributed by atoms with Crippen molar-refractivity contribution in [1.29, 1.82) is 0 Å². The molecule has 0 amide bonds. The lowest BCUT2D eigenvalue weighted by molar-refractivity contribution is 0.159. The van der Waals surface area contributed by atoms with Gasteiger partial charge in [0.1, 0.15) is 6.17 Å². The molecule has 1 aliphatic heterocycles. The standard InChI is InChI=1S/C29H58N2/c1-4-6-8-10-12-13-14-15-16-17-18-19-20-21-23-25-29-30(3)27-28-31(29)26-24-22-11-9-7-5-2/h27-29H,4-26H2,1-3H3. The van der Waals surface area contributed by atoms with Crippen LogP contribution in [0.3, 0.4) is 0 Å². The summed E-state index contributed by atoms with van der Waals surface area (Å²) in [6.45, 7) is 5.85. The molecule has 2 heteroatoms. The second-order valence-electron chi connectivity index (χ2n) is 10.2. The van der Waals surface area contributed by atoms with Crippen LogP contribution in [0.1, 0.15) is 155 Å². The van der Waals surface area contributed by atoms with Gasteiger partial charge in [-0.25, -0.2) is 0 Å². The molecule has 0 aromatic heterocycles. The van der Waals surface area contributed by atoms with Gasteiger partial charge in [0.05, 0.1) is 0 Å². The fourth-order valence-electron chi connectivity index (χ4n) is 4.99. The molecule has 0 fully saturated rings. The van der Waals surface area contributed by atoms with Gasteiger partial charge < -0.3 is 9.80 Å². The first kappa shape index (κ1) is 28.4. The van der Waals surface area contributed by atoms with Crippen LogP contribution in [0.25, 0.3) is 0 Å². The lowest BCUT2D eigenvalue weighted by Gasteiger charge is -2.30. The van der Waals surface area contributed by atoms with Crippen molar-refractivity contribution in [3.63, 3.8) is 0 Å². The van der Waals surface area contributed by atoms with Gasteiger partial charge in [-0.15, -0.1) is 0 Å². The smallest absolute Gasteiger partial charge is 0.100 e. The monoisotopic (exact) mass is 434 g/mol. The summed E-state index contributed by atoms with van der Waals surface area (Å²) >= 11 is 0. The number of nitrogens with zero attached hydrogens (tertiary/aromatic N) is 2. The molecule has 0 aromatic rings. The molecule has 1 rings (SSSR count). The maximum absolute atomic E-state index is 2.60. The minimum absolute atomic E-state index is 0.623. The first-order chi connectivity index (χ1) is 15.3. The summed E-state index contributed by atoms with van der Waals surface area (Å²) in [6.07, 6.45) is 36.7. The summed E-state index contributed by atoms with van der Waals surface area (Å²) < 4.78 is 0. The van der Waals surface area contributed by atoms with Gasteiger partial charge in [-0.05, 0) is 19.3 Å². The van der Waals surface area contributed by atoms with Crippen LogP contribution in [0.4, 0.5) is 0 Å². The van der Waals surface area contributed by atoms with Gasteiger partial charge in [0, 0.05) is 26.0 Å². The van der Waals surface area contributed by atoms with Gasteiger partial charge in [-0.3, -0.25) is 0 Å². The van der Waals surface area contributed by atoms with Crippen molar-refractivity contribution in [3.05, 3.63) is 12.4 Å². The van der Waals surface area contributed by atoms with Gasteiger partial charge >= 0.3 is 0 Å². The summed E-state index contributed by atoms with van der Waals surface area (Å²) in [4.78, 5) is 5.03. The predicted octanol–water partition coefficient (Wildman–Crippen LogP) is 9.65. The Balaban J connectivity index is 1.89. The maximum Gasteiger partial charge on any atom is 0.100 e. The third-order valence-electron chi connectivity index (χ3n) is 7.18. The molecule has 0 aromatic carbocycles. The van der Waals surface area contributed by atoms with Crippen LogP contribution in [-0.4, -0.2) is 29.6 Å². The van der Waals surface area contributed by atoms with Gasteiger partial charge in [-0.2, -0.15) is 0 Å². The van der Waals surface area contributed by atoms with Gasteiger partial charge in [0.15, 0.2) is 0 Å². The van der Waals surface area contributed by atoms with E-state index < -0.39 is 0 Å². The van der Waals surface area contributed by atoms with Gasteiger partial charge in [-0.1, -0.05) is 136 Å². The van der Waals surface area contributed by atoms with E-state index in [2.05, 4.69) is 43.1 Å². The molecule has 1 heterocycles. The Bertz CT molecular complexity index is 392. The molecule has 0 bridgehead atoms. The van der Waals surface area contributed by atoms with E-state index in [0.29, 0.717) is 6.17 Å². The van der Waals surface area contributed by atoms with E-state index in [1.54, 1.807) is 0 Å². The van der Waals surface area contributed by atoms with Crippen molar-refractivity contribution in [1.82, 2.24) is 9.80 Å². The predicted molar refractivity (Wildman–Crippen MR) is 140 cm³/mol. The van der Waals surface area contributed by atoms with Gasteiger partial charge in [0.2, 0.25) is 0 Å². The molecule has 0 saturated heterocycles. The minimum Gasteiger partial charge on any atom is -0.359 e. The first-order valence-corrected chi connectivity index (χ1v) is 14.5.